The molecule has 6 nitrogen and oxygen atoms in total. The molecule has 25 heavy (non-hydrogen) atoms. The molecule has 0 aliphatic heterocycles. The van der Waals surface area contributed by atoms with Crippen molar-refractivity contribution in [1.29, 1.82) is 0 Å². The third-order valence-electron chi connectivity index (χ3n) is 3.84. The lowest BCUT2D eigenvalue weighted by Crippen LogP contribution is -2.13. The molecular weight excluding hydrogens is 338 g/mol. The molecule has 1 aromatic heterocycles. The summed E-state index contributed by atoms with van der Waals surface area (Å²) >= 11 is 1.33. The normalized spacial score (nSPS) is 12.0. The summed E-state index contributed by atoms with van der Waals surface area (Å²) in [5.74, 6) is 1.52. The van der Waals surface area contributed by atoms with Gasteiger partial charge < -0.3 is 14.0 Å². The molecule has 2 rings (SSSR count). The minimum Gasteiger partial charge on any atom is -0.483 e. The number of rotatable bonds is 8. The van der Waals surface area contributed by atoms with E-state index in [1.807, 2.05) is 36.6 Å². The Balaban J connectivity index is 2.10. The second-order valence-electron chi connectivity index (χ2n) is 5.68. The molecule has 1 heterocycles. The number of aryl methyl sites for hydroxylation is 2. The van der Waals surface area contributed by atoms with Crippen LogP contribution in [-0.2, 0) is 16.1 Å². The highest BCUT2D eigenvalue weighted by Gasteiger charge is 2.19. The fourth-order valence-electron chi connectivity index (χ4n) is 2.37. The molecule has 0 saturated carbocycles. The standard InChI is InChI=1S/C18H25N3O3S/c1-6-21-17(19-20-18(21)25-11-16(22)23-7-2)14(5)24-15-9-8-12(3)13(4)10-15/h8-10,14H,6-7,11H2,1-5H3. The van der Waals surface area contributed by atoms with E-state index in [0.717, 1.165) is 11.6 Å². The van der Waals surface area contributed by atoms with Crippen LogP contribution < -0.4 is 4.74 Å². The number of nitrogens with zero attached hydrogens (tertiary/aromatic N) is 3. The van der Waals surface area contributed by atoms with Crippen LogP contribution in [0.2, 0.25) is 0 Å². The quantitative estimate of drug-likeness (QED) is 0.526. The van der Waals surface area contributed by atoms with Crippen molar-refractivity contribution in [3.05, 3.63) is 35.2 Å². The maximum Gasteiger partial charge on any atom is 0.316 e. The van der Waals surface area contributed by atoms with E-state index in [9.17, 15) is 4.79 Å². The molecule has 1 unspecified atom stereocenters. The van der Waals surface area contributed by atoms with Crippen LogP contribution in [0.4, 0.5) is 0 Å². The topological polar surface area (TPSA) is 66.2 Å². The van der Waals surface area contributed by atoms with Gasteiger partial charge in [0.1, 0.15) is 5.75 Å². The predicted octanol–water partition coefficient (Wildman–Crippen LogP) is 3.71. The Bertz CT molecular complexity index is 730. The Morgan fingerprint density at radius 3 is 2.64 bits per heavy atom. The summed E-state index contributed by atoms with van der Waals surface area (Å²) in [6.45, 7) is 11.0. The Hall–Kier alpha value is -2.02. The summed E-state index contributed by atoms with van der Waals surface area (Å²) in [6.07, 6.45) is -0.244. The first kappa shape index (κ1) is 19.3. The van der Waals surface area contributed by atoms with Gasteiger partial charge in [0.2, 0.25) is 0 Å². The highest BCUT2D eigenvalue weighted by molar-refractivity contribution is 7.99. The van der Waals surface area contributed by atoms with Crippen LogP contribution in [0.15, 0.2) is 23.4 Å². The van der Waals surface area contributed by atoms with Crippen molar-refractivity contribution in [3.63, 3.8) is 0 Å². The number of aromatic nitrogens is 3. The highest BCUT2D eigenvalue weighted by atomic mass is 32.2. The van der Waals surface area contributed by atoms with Crippen molar-refractivity contribution in [2.45, 2.75) is 52.4 Å². The summed E-state index contributed by atoms with van der Waals surface area (Å²) in [6, 6.07) is 6.03. The molecule has 136 valence electrons. The molecule has 1 aromatic carbocycles. The zero-order valence-electron chi connectivity index (χ0n) is 15.4. The smallest absolute Gasteiger partial charge is 0.316 e. The summed E-state index contributed by atoms with van der Waals surface area (Å²) in [5, 5.41) is 9.16. The Morgan fingerprint density at radius 1 is 1.24 bits per heavy atom. The molecule has 0 amide bonds. The number of benzene rings is 1. The van der Waals surface area contributed by atoms with Gasteiger partial charge in [-0.05, 0) is 57.9 Å². The van der Waals surface area contributed by atoms with E-state index < -0.39 is 0 Å². The van der Waals surface area contributed by atoms with E-state index >= 15 is 0 Å². The Kier molecular flexibility index (Phi) is 6.87. The van der Waals surface area contributed by atoms with Gasteiger partial charge in [0.15, 0.2) is 17.1 Å². The Labute approximate surface area is 152 Å². The van der Waals surface area contributed by atoms with Crippen molar-refractivity contribution < 1.29 is 14.3 Å². The Morgan fingerprint density at radius 2 is 2.00 bits per heavy atom. The zero-order valence-corrected chi connectivity index (χ0v) is 16.2. The van der Waals surface area contributed by atoms with E-state index in [-0.39, 0.29) is 17.8 Å². The number of thioether (sulfide) groups is 1. The van der Waals surface area contributed by atoms with Gasteiger partial charge in [-0.3, -0.25) is 4.79 Å². The molecule has 7 heteroatoms. The predicted molar refractivity (Wildman–Crippen MR) is 98.0 cm³/mol. The molecule has 0 aliphatic rings. The first-order valence-corrected chi connectivity index (χ1v) is 9.40. The van der Waals surface area contributed by atoms with Crippen LogP contribution in [0.3, 0.4) is 0 Å². The number of ether oxygens (including phenoxy) is 2. The van der Waals surface area contributed by atoms with Gasteiger partial charge in [0.05, 0.1) is 12.4 Å². The van der Waals surface area contributed by atoms with Crippen molar-refractivity contribution in [2.24, 2.45) is 0 Å². The van der Waals surface area contributed by atoms with Crippen LogP contribution in [0, 0.1) is 13.8 Å². The van der Waals surface area contributed by atoms with Crippen LogP contribution in [0.1, 0.15) is 43.8 Å². The number of carbonyl (C=O) groups excluding carboxylic acids is 1. The average molecular weight is 363 g/mol. The van der Waals surface area contributed by atoms with Crippen LogP contribution in [-0.4, -0.2) is 33.1 Å². The number of hydrogen-bond acceptors (Lipinski definition) is 6. The van der Waals surface area contributed by atoms with E-state index in [1.54, 1.807) is 6.92 Å². The first-order valence-electron chi connectivity index (χ1n) is 8.41. The van der Waals surface area contributed by atoms with Gasteiger partial charge in [-0.25, -0.2) is 0 Å². The van der Waals surface area contributed by atoms with Crippen molar-refractivity contribution in [1.82, 2.24) is 14.8 Å². The molecule has 1 atom stereocenters. The van der Waals surface area contributed by atoms with Crippen molar-refractivity contribution in [2.75, 3.05) is 12.4 Å². The molecule has 0 saturated heterocycles. The molecular formula is C18H25N3O3S. The molecule has 0 fully saturated rings. The van der Waals surface area contributed by atoms with Gasteiger partial charge in [0, 0.05) is 6.54 Å². The van der Waals surface area contributed by atoms with E-state index in [0.29, 0.717) is 18.3 Å². The minimum absolute atomic E-state index is 0.221. The lowest BCUT2D eigenvalue weighted by atomic mass is 10.1. The SMILES string of the molecule is CCOC(=O)CSc1nnc(C(C)Oc2ccc(C)c(C)c2)n1CC. The fraction of sp³-hybridized carbons (Fsp3) is 0.500. The lowest BCUT2D eigenvalue weighted by molar-refractivity contribution is -0.139. The molecule has 0 spiro atoms. The summed E-state index contributed by atoms with van der Waals surface area (Å²) in [4.78, 5) is 11.5. The molecule has 0 bridgehead atoms. The van der Waals surface area contributed by atoms with Gasteiger partial charge in [-0.15, -0.1) is 10.2 Å². The maximum absolute atomic E-state index is 11.5. The molecule has 0 radical (unpaired) electrons. The largest absolute Gasteiger partial charge is 0.483 e. The van der Waals surface area contributed by atoms with Crippen molar-refractivity contribution in [3.8, 4) is 5.75 Å². The van der Waals surface area contributed by atoms with Crippen LogP contribution in [0.5, 0.6) is 5.75 Å². The highest BCUT2D eigenvalue weighted by Crippen LogP contribution is 2.25. The number of hydrogen-bond donors (Lipinski definition) is 0. The monoisotopic (exact) mass is 363 g/mol. The lowest BCUT2D eigenvalue weighted by Gasteiger charge is -2.16. The second-order valence-corrected chi connectivity index (χ2v) is 6.63. The summed E-state index contributed by atoms with van der Waals surface area (Å²) in [7, 11) is 0. The van der Waals surface area contributed by atoms with Crippen LogP contribution in [0.25, 0.3) is 0 Å². The fourth-order valence-corrected chi connectivity index (χ4v) is 3.18. The van der Waals surface area contributed by atoms with E-state index in [2.05, 4.69) is 24.0 Å². The third-order valence-corrected chi connectivity index (χ3v) is 4.78. The second kappa shape index (κ2) is 8.89. The van der Waals surface area contributed by atoms with Gasteiger partial charge in [-0.2, -0.15) is 0 Å². The van der Waals surface area contributed by atoms with Gasteiger partial charge >= 0.3 is 5.97 Å². The zero-order chi connectivity index (χ0) is 18.4. The maximum atomic E-state index is 11.5. The van der Waals surface area contributed by atoms with Gasteiger partial charge in [-0.1, -0.05) is 17.8 Å². The number of esters is 1. The van der Waals surface area contributed by atoms with E-state index in [4.69, 9.17) is 9.47 Å². The van der Waals surface area contributed by atoms with E-state index in [1.165, 1.54) is 22.9 Å². The minimum atomic E-state index is -0.251. The molecule has 0 aliphatic carbocycles. The third kappa shape index (κ3) is 4.98. The first-order chi connectivity index (χ1) is 12.0. The molecule has 0 N–H and O–H groups in total. The van der Waals surface area contributed by atoms with Crippen LogP contribution >= 0.6 is 11.8 Å². The van der Waals surface area contributed by atoms with Gasteiger partial charge in [0.25, 0.3) is 0 Å². The number of carbonyl (C=O) groups is 1. The molecule has 2 aromatic rings. The summed E-state index contributed by atoms with van der Waals surface area (Å²) < 4.78 is 12.9. The average Bonchev–Trinajstić information content (AvgIpc) is 2.99. The summed E-state index contributed by atoms with van der Waals surface area (Å²) in [5.41, 5.74) is 2.42. The van der Waals surface area contributed by atoms with Crippen molar-refractivity contribution >= 4 is 17.7 Å².